The molecule has 2 heterocycles. The van der Waals surface area contributed by atoms with Crippen LogP contribution in [0.2, 0.25) is 0 Å². The Morgan fingerprint density at radius 1 is 1.19 bits per heavy atom. The summed E-state index contributed by atoms with van der Waals surface area (Å²) in [4.78, 5) is 17.0. The quantitative estimate of drug-likeness (QED) is 0.715. The van der Waals surface area contributed by atoms with Crippen molar-refractivity contribution in [2.24, 2.45) is 5.92 Å². The third kappa shape index (κ3) is 8.99. The van der Waals surface area contributed by atoms with E-state index < -0.39 is 0 Å². The lowest BCUT2D eigenvalue weighted by molar-refractivity contribution is -0.116. The molecule has 0 radical (unpaired) electrons. The Kier molecular flexibility index (Phi) is 13.3. The monoisotopic (exact) mass is 438 g/mol. The van der Waals surface area contributed by atoms with Gasteiger partial charge in [-0.25, -0.2) is 0 Å². The van der Waals surface area contributed by atoms with Crippen LogP contribution in [0.15, 0.2) is 24.3 Å². The number of piperazine rings is 1. The summed E-state index contributed by atoms with van der Waals surface area (Å²) in [5, 5.41) is 6.42. The number of carbonyl (C=O) groups is 1. The van der Waals surface area contributed by atoms with Gasteiger partial charge in [0.2, 0.25) is 5.91 Å². The van der Waals surface area contributed by atoms with Crippen LogP contribution in [-0.2, 0) is 11.3 Å². The third-order valence-corrected chi connectivity index (χ3v) is 5.15. The zero-order chi connectivity index (χ0) is 16.8. The van der Waals surface area contributed by atoms with E-state index in [-0.39, 0.29) is 43.1 Å². The van der Waals surface area contributed by atoms with Crippen molar-refractivity contribution in [2.45, 2.75) is 25.8 Å². The first-order valence-electron chi connectivity index (χ1n) is 9.19. The molecule has 27 heavy (non-hydrogen) atoms. The summed E-state index contributed by atoms with van der Waals surface area (Å²) >= 11 is 0. The molecule has 2 aliphatic rings. The van der Waals surface area contributed by atoms with Gasteiger partial charge >= 0.3 is 0 Å². The van der Waals surface area contributed by atoms with Crippen molar-refractivity contribution in [1.82, 2.24) is 15.1 Å². The van der Waals surface area contributed by atoms with E-state index in [0.29, 0.717) is 12.3 Å². The highest BCUT2D eigenvalue weighted by Gasteiger charge is 2.16. The van der Waals surface area contributed by atoms with Gasteiger partial charge in [-0.05, 0) is 56.6 Å². The topological polar surface area (TPSA) is 47.6 Å². The molecule has 1 unspecified atom stereocenters. The Hall–Kier alpha value is -0.560. The number of amides is 1. The highest BCUT2D eigenvalue weighted by atomic mass is 35.5. The molecule has 156 valence electrons. The summed E-state index contributed by atoms with van der Waals surface area (Å²) in [6, 6.07) is 8.30. The number of hydrogen-bond acceptors (Lipinski definition) is 4. The molecular weight excluding hydrogens is 407 g/mol. The number of carbonyl (C=O) groups excluding carboxylic acids is 1. The largest absolute Gasteiger partial charge is 0.326 e. The second kappa shape index (κ2) is 13.6. The van der Waals surface area contributed by atoms with Crippen LogP contribution in [0.5, 0.6) is 0 Å². The predicted molar refractivity (Wildman–Crippen MR) is 120 cm³/mol. The van der Waals surface area contributed by atoms with Crippen molar-refractivity contribution in [1.29, 1.82) is 0 Å². The smallest absolute Gasteiger partial charge is 0.224 e. The number of halogens is 3. The van der Waals surface area contributed by atoms with Crippen molar-refractivity contribution in [3.05, 3.63) is 29.8 Å². The Labute approximate surface area is 181 Å². The lowest BCUT2D eigenvalue weighted by Crippen LogP contribution is -2.43. The van der Waals surface area contributed by atoms with Crippen LogP contribution in [-0.4, -0.2) is 62.0 Å². The van der Waals surface area contributed by atoms with Gasteiger partial charge in [0.05, 0.1) is 0 Å². The number of rotatable bonds is 6. The number of nitrogens with one attached hydrogen (secondary N) is 2. The van der Waals surface area contributed by atoms with E-state index in [4.69, 9.17) is 0 Å². The molecule has 1 aromatic rings. The predicted octanol–water partition coefficient (Wildman–Crippen LogP) is 3.03. The molecule has 0 saturated carbocycles. The number of likely N-dealkylation sites (N-methyl/N-ethyl adjacent to an activating group) is 1. The Morgan fingerprint density at radius 2 is 1.93 bits per heavy atom. The van der Waals surface area contributed by atoms with E-state index in [1.807, 2.05) is 12.1 Å². The van der Waals surface area contributed by atoms with Gasteiger partial charge in [-0.3, -0.25) is 9.69 Å². The number of benzene rings is 1. The summed E-state index contributed by atoms with van der Waals surface area (Å²) in [5.41, 5.74) is 2.20. The first-order chi connectivity index (χ1) is 11.7. The highest BCUT2D eigenvalue weighted by Crippen LogP contribution is 2.17. The minimum Gasteiger partial charge on any atom is -0.326 e. The van der Waals surface area contributed by atoms with Crippen LogP contribution in [0, 0.1) is 5.92 Å². The van der Waals surface area contributed by atoms with Gasteiger partial charge in [-0.1, -0.05) is 12.1 Å². The molecule has 0 spiro atoms. The maximum Gasteiger partial charge on any atom is 0.224 e. The normalized spacial score (nSPS) is 20.1. The summed E-state index contributed by atoms with van der Waals surface area (Å²) in [7, 11) is 2.18. The van der Waals surface area contributed by atoms with Crippen LogP contribution in [0.3, 0.4) is 0 Å². The maximum absolute atomic E-state index is 12.2. The number of hydrogen-bond donors (Lipinski definition) is 2. The van der Waals surface area contributed by atoms with Gasteiger partial charge in [0.15, 0.2) is 0 Å². The van der Waals surface area contributed by atoms with Crippen LogP contribution in [0.1, 0.15) is 24.8 Å². The Morgan fingerprint density at radius 3 is 2.59 bits per heavy atom. The molecule has 8 heteroatoms. The molecule has 3 rings (SSSR count). The summed E-state index contributed by atoms with van der Waals surface area (Å²) in [6.45, 7) is 7.61. The van der Waals surface area contributed by atoms with E-state index in [1.54, 1.807) is 0 Å². The van der Waals surface area contributed by atoms with Gasteiger partial charge in [0, 0.05) is 44.8 Å². The minimum atomic E-state index is 0. The molecule has 5 nitrogen and oxygen atoms in total. The zero-order valence-electron chi connectivity index (χ0n) is 16.0. The second-order valence-corrected chi connectivity index (χ2v) is 7.23. The fraction of sp³-hybridized carbons (Fsp3) is 0.632. The summed E-state index contributed by atoms with van der Waals surface area (Å²) in [6.07, 6.45) is 2.81. The molecule has 1 aromatic carbocycles. The molecular formula is C19H33Cl3N4O. The van der Waals surface area contributed by atoms with Crippen molar-refractivity contribution >= 4 is 48.8 Å². The molecule has 2 N–H and O–H groups in total. The molecule has 2 fully saturated rings. The molecule has 0 bridgehead atoms. The van der Waals surface area contributed by atoms with E-state index in [2.05, 4.69) is 39.6 Å². The van der Waals surface area contributed by atoms with Gasteiger partial charge in [0.25, 0.3) is 0 Å². The van der Waals surface area contributed by atoms with E-state index in [1.165, 1.54) is 12.0 Å². The minimum absolute atomic E-state index is 0. The second-order valence-electron chi connectivity index (χ2n) is 7.23. The standard InChI is InChI=1S/C19H30N4O.3ClH/c1-22-9-11-23(12-10-22)15-17-3-2-4-18(13-17)21-19(24)6-5-16-7-8-20-14-16;;;/h2-4,13,16,20H,5-12,14-15H2,1H3,(H,21,24);3*1H. The highest BCUT2D eigenvalue weighted by molar-refractivity contribution is 5.90. The summed E-state index contributed by atoms with van der Waals surface area (Å²) < 4.78 is 0. The fourth-order valence-corrected chi connectivity index (χ4v) is 3.53. The van der Waals surface area contributed by atoms with Crippen molar-refractivity contribution in [3.63, 3.8) is 0 Å². The number of anilines is 1. The van der Waals surface area contributed by atoms with E-state index >= 15 is 0 Å². The van der Waals surface area contributed by atoms with E-state index in [9.17, 15) is 4.79 Å². The lowest BCUT2D eigenvalue weighted by atomic mass is 10.0. The van der Waals surface area contributed by atoms with Gasteiger partial charge in [-0.15, -0.1) is 37.2 Å². The maximum atomic E-state index is 12.2. The fourth-order valence-electron chi connectivity index (χ4n) is 3.53. The summed E-state index contributed by atoms with van der Waals surface area (Å²) in [5.74, 6) is 0.804. The third-order valence-electron chi connectivity index (χ3n) is 5.15. The Bertz CT molecular complexity index is 548. The molecule has 2 saturated heterocycles. The van der Waals surface area contributed by atoms with Crippen LogP contribution >= 0.6 is 37.2 Å². The first kappa shape index (κ1) is 26.4. The van der Waals surface area contributed by atoms with Gasteiger partial charge < -0.3 is 15.5 Å². The van der Waals surface area contributed by atoms with Gasteiger partial charge in [0.1, 0.15) is 0 Å². The molecule has 2 aliphatic heterocycles. The van der Waals surface area contributed by atoms with Crippen LogP contribution < -0.4 is 10.6 Å². The average Bonchev–Trinajstić information content (AvgIpc) is 3.09. The van der Waals surface area contributed by atoms with Crippen molar-refractivity contribution in [2.75, 3.05) is 51.6 Å². The lowest BCUT2D eigenvalue weighted by Gasteiger charge is -2.32. The Balaban J connectivity index is 0.00000225. The molecule has 0 aromatic heterocycles. The number of nitrogens with zero attached hydrogens (tertiary/aromatic N) is 2. The van der Waals surface area contributed by atoms with Crippen molar-refractivity contribution < 1.29 is 4.79 Å². The molecule has 1 atom stereocenters. The van der Waals surface area contributed by atoms with E-state index in [0.717, 1.165) is 57.9 Å². The van der Waals surface area contributed by atoms with Gasteiger partial charge in [-0.2, -0.15) is 0 Å². The van der Waals surface area contributed by atoms with Crippen LogP contribution in [0.25, 0.3) is 0 Å². The zero-order valence-corrected chi connectivity index (χ0v) is 18.4. The molecule has 0 aliphatic carbocycles. The molecule has 1 amide bonds. The first-order valence-corrected chi connectivity index (χ1v) is 9.19. The average molecular weight is 440 g/mol. The van der Waals surface area contributed by atoms with Crippen molar-refractivity contribution in [3.8, 4) is 0 Å². The SMILES string of the molecule is CN1CCN(Cc2cccc(NC(=O)CCC3CCNC3)c2)CC1.Cl.Cl.Cl. The van der Waals surface area contributed by atoms with Crippen LogP contribution in [0.4, 0.5) is 5.69 Å².